The molecule has 2 fully saturated rings. The minimum Gasteiger partial charge on any atom is -0.379 e. The summed E-state index contributed by atoms with van der Waals surface area (Å²) >= 11 is 0. The maximum atomic E-state index is 5.72. The van der Waals surface area contributed by atoms with Crippen LogP contribution in [0, 0.1) is 0 Å². The smallest absolute Gasteiger partial charge is 0.191 e. The molecule has 7 nitrogen and oxygen atoms in total. The number of aromatic nitrogens is 1. The lowest BCUT2D eigenvalue weighted by Gasteiger charge is -2.21. The highest BCUT2D eigenvalue weighted by molar-refractivity contribution is 5.79. The molecular weight excluding hydrogens is 378 g/mol. The fourth-order valence-electron chi connectivity index (χ4n) is 3.88. The Hall–Kier alpha value is -1.86. The van der Waals surface area contributed by atoms with E-state index in [1.807, 2.05) is 6.20 Å². The van der Waals surface area contributed by atoms with Gasteiger partial charge >= 0.3 is 0 Å². The first-order chi connectivity index (χ1) is 14.8. The summed E-state index contributed by atoms with van der Waals surface area (Å²) in [5, 5.41) is 6.70. The molecule has 0 saturated carbocycles. The zero-order chi connectivity index (χ0) is 20.9. The van der Waals surface area contributed by atoms with Gasteiger partial charge in [0.2, 0.25) is 0 Å². The number of anilines is 1. The van der Waals surface area contributed by atoms with E-state index in [1.54, 1.807) is 0 Å². The molecule has 0 aliphatic carbocycles. The monoisotopic (exact) mass is 417 g/mol. The van der Waals surface area contributed by atoms with E-state index in [9.17, 15) is 0 Å². The van der Waals surface area contributed by atoms with Crippen LogP contribution in [0.2, 0.25) is 0 Å². The van der Waals surface area contributed by atoms with Gasteiger partial charge in [-0.05, 0) is 50.7 Å². The van der Waals surface area contributed by atoms with Crippen LogP contribution in [0.25, 0.3) is 0 Å². The summed E-state index contributed by atoms with van der Waals surface area (Å²) in [5.41, 5.74) is 1.13. The van der Waals surface area contributed by atoms with Crippen LogP contribution in [-0.4, -0.2) is 63.0 Å². The first kappa shape index (κ1) is 22.8. The van der Waals surface area contributed by atoms with Gasteiger partial charge in [-0.2, -0.15) is 0 Å². The third kappa shape index (κ3) is 8.11. The van der Waals surface area contributed by atoms with Crippen LogP contribution >= 0.6 is 0 Å². The van der Waals surface area contributed by atoms with Crippen molar-refractivity contribution < 1.29 is 9.47 Å². The minimum atomic E-state index is 0.302. The molecule has 2 aliphatic rings. The summed E-state index contributed by atoms with van der Waals surface area (Å²) in [6.45, 7) is 8.97. The number of aliphatic imine (C=N–C) groups is 1. The van der Waals surface area contributed by atoms with Crippen molar-refractivity contribution in [3.05, 3.63) is 23.9 Å². The van der Waals surface area contributed by atoms with E-state index in [0.29, 0.717) is 19.3 Å². The maximum Gasteiger partial charge on any atom is 0.191 e. The lowest BCUT2D eigenvalue weighted by Crippen LogP contribution is -2.38. The highest BCUT2D eigenvalue weighted by atomic mass is 16.5. The molecule has 2 saturated heterocycles. The molecule has 30 heavy (non-hydrogen) atoms. The minimum absolute atomic E-state index is 0.302. The van der Waals surface area contributed by atoms with Crippen molar-refractivity contribution in [3.8, 4) is 0 Å². The van der Waals surface area contributed by atoms with E-state index in [4.69, 9.17) is 14.5 Å². The Morgan fingerprint density at radius 3 is 2.77 bits per heavy atom. The molecular formula is C23H39N5O2. The van der Waals surface area contributed by atoms with Crippen LogP contribution in [0.4, 0.5) is 5.82 Å². The number of ether oxygens (including phenoxy) is 2. The number of hydrogen-bond acceptors (Lipinski definition) is 5. The normalized spacial score (nSPS) is 20.2. The Labute approximate surface area is 181 Å². The van der Waals surface area contributed by atoms with Gasteiger partial charge in [0, 0.05) is 45.6 Å². The summed E-state index contributed by atoms with van der Waals surface area (Å²) in [7, 11) is 0. The van der Waals surface area contributed by atoms with Gasteiger partial charge in [-0.1, -0.05) is 18.9 Å². The van der Waals surface area contributed by atoms with Crippen LogP contribution in [-0.2, 0) is 16.0 Å². The summed E-state index contributed by atoms with van der Waals surface area (Å²) in [6.07, 6.45) is 10.7. The van der Waals surface area contributed by atoms with Gasteiger partial charge in [0.15, 0.2) is 5.96 Å². The Morgan fingerprint density at radius 1 is 1.20 bits per heavy atom. The molecule has 0 amide bonds. The van der Waals surface area contributed by atoms with Crippen molar-refractivity contribution in [2.75, 3.05) is 50.9 Å². The molecule has 1 aromatic heterocycles. The second-order valence-electron chi connectivity index (χ2n) is 8.11. The van der Waals surface area contributed by atoms with E-state index >= 15 is 0 Å². The number of rotatable bonds is 10. The number of guanidine groups is 1. The topological polar surface area (TPSA) is 71.0 Å². The Bertz CT molecular complexity index is 609. The van der Waals surface area contributed by atoms with Crippen LogP contribution in [0.5, 0.6) is 0 Å². The van der Waals surface area contributed by atoms with E-state index in [0.717, 1.165) is 76.0 Å². The Morgan fingerprint density at radius 2 is 2.07 bits per heavy atom. The first-order valence-corrected chi connectivity index (χ1v) is 11.8. The lowest BCUT2D eigenvalue weighted by atomic mass is 10.2. The standard InChI is InChI=1S/C23H39N5O2/c1-2-24-23(25-12-8-15-29-19-21-9-7-16-30-21)27-18-20-10-11-22(26-17-20)28-13-5-3-4-6-14-28/h10-11,17,21H,2-9,12-16,18-19H2,1H3,(H2,24,25,27). The summed E-state index contributed by atoms with van der Waals surface area (Å²) < 4.78 is 11.3. The molecule has 1 atom stereocenters. The Balaban J connectivity index is 1.37. The second-order valence-corrected chi connectivity index (χ2v) is 8.11. The molecule has 3 rings (SSSR count). The third-order valence-electron chi connectivity index (χ3n) is 5.59. The first-order valence-electron chi connectivity index (χ1n) is 11.8. The predicted octanol–water partition coefficient (Wildman–Crippen LogP) is 3.10. The predicted molar refractivity (Wildman–Crippen MR) is 122 cm³/mol. The van der Waals surface area contributed by atoms with Crippen LogP contribution in [0.3, 0.4) is 0 Å². The van der Waals surface area contributed by atoms with Crippen LogP contribution < -0.4 is 15.5 Å². The number of nitrogens with zero attached hydrogens (tertiary/aromatic N) is 3. The largest absolute Gasteiger partial charge is 0.379 e. The van der Waals surface area contributed by atoms with Gasteiger partial charge in [-0.15, -0.1) is 0 Å². The van der Waals surface area contributed by atoms with Crippen LogP contribution in [0.15, 0.2) is 23.3 Å². The Kier molecular flexibility index (Phi) is 10.2. The molecule has 1 aromatic rings. The van der Waals surface area contributed by atoms with E-state index in [2.05, 4.69) is 39.6 Å². The highest BCUT2D eigenvalue weighted by Gasteiger charge is 2.15. The van der Waals surface area contributed by atoms with E-state index < -0.39 is 0 Å². The van der Waals surface area contributed by atoms with Gasteiger partial charge < -0.3 is 25.0 Å². The van der Waals surface area contributed by atoms with Crippen molar-refractivity contribution >= 4 is 11.8 Å². The highest BCUT2D eigenvalue weighted by Crippen LogP contribution is 2.17. The summed E-state index contributed by atoms with van der Waals surface area (Å²) in [6, 6.07) is 4.29. The molecule has 2 aliphatic heterocycles. The van der Waals surface area contributed by atoms with Gasteiger partial charge in [0.05, 0.1) is 19.3 Å². The summed E-state index contributed by atoms with van der Waals surface area (Å²) in [4.78, 5) is 11.8. The van der Waals surface area contributed by atoms with E-state index in [-0.39, 0.29) is 0 Å². The fourth-order valence-corrected chi connectivity index (χ4v) is 3.88. The zero-order valence-corrected chi connectivity index (χ0v) is 18.6. The molecule has 0 bridgehead atoms. The third-order valence-corrected chi connectivity index (χ3v) is 5.59. The molecule has 0 aromatic carbocycles. The van der Waals surface area contributed by atoms with E-state index in [1.165, 1.54) is 25.7 Å². The molecule has 0 spiro atoms. The SMILES string of the molecule is CCNC(=NCc1ccc(N2CCCCCC2)nc1)NCCCOCC1CCCO1. The van der Waals surface area contributed by atoms with Gasteiger partial charge in [-0.3, -0.25) is 0 Å². The molecule has 1 unspecified atom stereocenters. The molecule has 2 N–H and O–H groups in total. The van der Waals surface area contributed by atoms with Crippen molar-refractivity contribution in [2.24, 2.45) is 4.99 Å². The van der Waals surface area contributed by atoms with Crippen molar-refractivity contribution in [1.29, 1.82) is 0 Å². The second kappa shape index (κ2) is 13.4. The number of nitrogens with one attached hydrogen (secondary N) is 2. The number of hydrogen-bond donors (Lipinski definition) is 2. The molecule has 7 heteroatoms. The zero-order valence-electron chi connectivity index (χ0n) is 18.6. The van der Waals surface area contributed by atoms with Crippen molar-refractivity contribution in [1.82, 2.24) is 15.6 Å². The van der Waals surface area contributed by atoms with Crippen molar-refractivity contribution in [3.63, 3.8) is 0 Å². The van der Waals surface area contributed by atoms with Crippen molar-refractivity contribution in [2.45, 2.75) is 64.5 Å². The average Bonchev–Trinajstić information content (AvgIpc) is 3.14. The maximum absolute atomic E-state index is 5.72. The van der Waals surface area contributed by atoms with Gasteiger partial charge in [0.1, 0.15) is 5.82 Å². The molecule has 168 valence electrons. The quantitative estimate of drug-likeness (QED) is 0.346. The number of pyridine rings is 1. The molecule has 0 radical (unpaired) electrons. The van der Waals surface area contributed by atoms with Gasteiger partial charge in [-0.25, -0.2) is 9.98 Å². The lowest BCUT2D eigenvalue weighted by molar-refractivity contribution is 0.0168. The van der Waals surface area contributed by atoms with Crippen LogP contribution in [0.1, 0.15) is 57.4 Å². The van der Waals surface area contributed by atoms with Gasteiger partial charge in [0.25, 0.3) is 0 Å². The average molecular weight is 418 g/mol. The fraction of sp³-hybridized carbons (Fsp3) is 0.739. The molecule has 3 heterocycles. The summed E-state index contributed by atoms with van der Waals surface area (Å²) in [5.74, 6) is 1.94.